The van der Waals surface area contributed by atoms with E-state index in [0.717, 1.165) is 17.9 Å². The summed E-state index contributed by atoms with van der Waals surface area (Å²) in [6.45, 7) is 2.18. The first-order valence-corrected chi connectivity index (χ1v) is 4.89. The van der Waals surface area contributed by atoms with Crippen molar-refractivity contribution in [2.75, 3.05) is 19.8 Å². The van der Waals surface area contributed by atoms with Crippen molar-refractivity contribution in [1.82, 2.24) is 5.01 Å². The van der Waals surface area contributed by atoms with Crippen molar-refractivity contribution in [3.63, 3.8) is 0 Å². The molecule has 1 fully saturated rings. The average Bonchev–Trinajstić information content (AvgIpc) is 2.26. The second kappa shape index (κ2) is 5.67. The minimum Gasteiger partial charge on any atom is -0.456 e. The lowest BCUT2D eigenvalue weighted by atomic mass is 10.1. The molecule has 0 spiro atoms. The van der Waals surface area contributed by atoms with E-state index in [9.17, 15) is 9.59 Å². The van der Waals surface area contributed by atoms with Gasteiger partial charge in [-0.05, 0) is 12.8 Å². The van der Waals surface area contributed by atoms with Crippen molar-refractivity contribution < 1.29 is 19.1 Å². The van der Waals surface area contributed by atoms with Gasteiger partial charge in [-0.2, -0.15) is 0 Å². The zero-order valence-electron chi connectivity index (χ0n) is 8.77. The van der Waals surface area contributed by atoms with Gasteiger partial charge in [0, 0.05) is 20.1 Å². The van der Waals surface area contributed by atoms with Gasteiger partial charge in [-0.25, -0.2) is 5.84 Å². The zero-order valence-corrected chi connectivity index (χ0v) is 8.77. The van der Waals surface area contributed by atoms with Crippen molar-refractivity contribution in [3.8, 4) is 0 Å². The largest absolute Gasteiger partial charge is 0.456 e. The van der Waals surface area contributed by atoms with Gasteiger partial charge < -0.3 is 9.47 Å². The fourth-order valence-electron chi connectivity index (χ4n) is 1.40. The molecule has 1 aliphatic rings. The van der Waals surface area contributed by atoms with E-state index in [0.29, 0.717) is 13.2 Å². The Morgan fingerprint density at radius 2 is 2.07 bits per heavy atom. The van der Waals surface area contributed by atoms with Gasteiger partial charge in [0.15, 0.2) is 6.61 Å². The van der Waals surface area contributed by atoms with Crippen LogP contribution in [0.2, 0.25) is 0 Å². The highest BCUT2D eigenvalue weighted by Crippen LogP contribution is 2.11. The molecule has 1 saturated heterocycles. The minimum atomic E-state index is -0.483. The van der Waals surface area contributed by atoms with Crippen LogP contribution in [0.25, 0.3) is 0 Å². The van der Waals surface area contributed by atoms with Crippen LogP contribution in [-0.4, -0.2) is 42.7 Å². The Bertz CT molecular complexity index is 238. The maximum atomic E-state index is 11.4. The smallest absolute Gasteiger partial charge is 0.303 e. The number of hydrazine groups is 1. The first kappa shape index (κ1) is 11.9. The molecule has 1 aliphatic heterocycles. The minimum absolute atomic E-state index is 0.0122. The predicted octanol–water partition coefficient (Wildman–Crippen LogP) is -0.569. The summed E-state index contributed by atoms with van der Waals surface area (Å²) in [5.74, 6) is 4.75. The summed E-state index contributed by atoms with van der Waals surface area (Å²) in [7, 11) is 0. The molecule has 86 valence electrons. The van der Waals surface area contributed by atoms with Crippen LogP contribution < -0.4 is 5.84 Å². The van der Waals surface area contributed by atoms with Crippen molar-refractivity contribution in [1.29, 1.82) is 0 Å². The molecule has 1 heterocycles. The predicted molar refractivity (Wildman–Crippen MR) is 51.5 cm³/mol. The third-order valence-corrected chi connectivity index (χ3v) is 2.27. The van der Waals surface area contributed by atoms with E-state index in [1.54, 1.807) is 0 Å². The Balaban J connectivity index is 2.33. The number of rotatable bonds is 3. The number of nitrogens with zero attached hydrogens (tertiary/aromatic N) is 1. The molecular formula is C9H16N2O4. The molecule has 6 heteroatoms. The molecule has 15 heavy (non-hydrogen) atoms. The van der Waals surface area contributed by atoms with Gasteiger partial charge in [0.2, 0.25) is 0 Å². The zero-order chi connectivity index (χ0) is 11.3. The summed E-state index contributed by atoms with van der Waals surface area (Å²) >= 11 is 0. The normalized spacial score (nSPS) is 17.2. The topological polar surface area (TPSA) is 81.9 Å². The molecule has 0 radical (unpaired) electrons. The van der Waals surface area contributed by atoms with E-state index in [2.05, 4.69) is 4.74 Å². The lowest BCUT2D eigenvalue weighted by molar-refractivity contribution is -0.152. The van der Waals surface area contributed by atoms with Crippen LogP contribution in [0.5, 0.6) is 0 Å². The third kappa shape index (κ3) is 3.85. The highest BCUT2D eigenvalue weighted by molar-refractivity contribution is 5.79. The monoisotopic (exact) mass is 216 g/mol. The summed E-state index contributed by atoms with van der Waals surface area (Å²) in [5.41, 5.74) is 0. The average molecular weight is 216 g/mol. The molecule has 0 bridgehead atoms. The van der Waals surface area contributed by atoms with E-state index in [-0.39, 0.29) is 18.6 Å². The van der Waals surface area contributed by atoms with Crippen molar-refractivity contribution in [2.24, 2.45) is 5.84 Å². The molecule has 0 saturated carbocycles. The van der Waals surface area contributed by atoms with Gasteiger partial charge in [0.25, 0.3) is 5.91 Å². The van der Waals surface area contributed by atoms with E-state index in [4.69, 9.17) is 10.6 Å². The molecule has 2 N–H and O–H groups in total. The Morgan fingerprint density at radius 1 is 1.47 bits per heavy atom. The van der Waals surface area contributed by atoms with Gasteiger partial charge in [-0.1, -0.05) is 0 Å². The number of carbonyl (C=O) groups excluding carboxylic acids is 2. The van der Waals surface area contributed by atoms with E-state index in [1.807, 2.05) is 0 Å². The fraction of sp³-hybridized carbons (Fsp3) is 0.778. The van der Waals surface area contributed by atoms with E-state index in [1.165, 1.54) is 6.92 Å². The van der Waals surface area contributed by atoms with E-state index < -0.39 is 5.97 Å². The maximum absolute atomic E-state index is 11.4. The summed E-state index contributed by atoms with van der Waals surface area (Å²) in [5, 5.41) is 1.14. The number of carbonyl (C=O) groups is 2. The molecule has 0 aromatic heterocycles. The van der Waals surface area contributed by atoms with Crippen LogP contribution in [0.15, 0.2) is 0 Å². The van der Waals surface area contributed by atoms with Gasteiger partial charge in [0.1, 0.15) is 0 Å². The molecule has 0 aromatic rings. The van der Waals surface area contributed by atoms with Crippen LogP contribution in [-0.2, 0) is 19.1 Å². The molecule has 0 unspecified atom stereocenters. The van der Waals surface area contributed by atoms with Crippen LogP contribution >= 0.6 is 0 Å². The van der Waals surface area contributed by atoms with Crippen LogP contribution in [0.3, 0.4) is 0 Å². The number of esters is 1. The van der Waals surface area contributed by atoms with Crippen molar-refractivity contribution in [2.45, 2.75) is 25.8 Å². The lowest BCUT2D eigenvalue weighted by Gasteiger charge is -2.30. The molecule has 1 amide bonds. The van der Waals surface area contributed by atoms with Gasteiger partial charge in [-0.3, -0.25) is 14.6 Å². The molecule has 0 atom stereocenters. The van der Waals surface area contributed by atoms with Gasteiger partial charge in [0.05, 0.1) is 6.04 Å². The summed E-state index contributed by atoms with van der Waals surface area (Å²) in [6.07, 6.45) is 1.45. The summed E-state index contributed by atoms with van der Waals surface area (Å²) in [6, 6.07) is -0.0122. The highest BCUT2D eigenvalue weighted by Gasteiger charge is 2.23. The maximum Gasteiger partial charge on any atom is 0.303 e. The Hall–Kier alpha value is -1.14. The summed E-state index contributed by atoms with van der Waals surface area (Å²) in [4.78, 5) is 21.9. The highest BCUT2D eigenvalue weighted by atomic mass is 16.5. The van der Waals surface area contributed by atoms with Crippen LogP contribution in [0, 0.1) is 0 Å². The third-order valence-electron chi connectivity index (χ3n) is 2.27. The second-order valence-electron chi connectivity index (χ2n) is 3.42. The fourth-order valence-corrected chi connectivity index (χ4v) is 1.40. The number of ether oxygens (including phenoxy) is 2. The standard InChI is InChI=1S/C9H16N2O4/c1-7(12)15-6-9(13)11(10)8-2-4-14-5-3-8/h8H,2-6,10H2,1H3. The van der Waals surface area contributed by atoms with Crippen molar-refractivity contribution in [3.05, 3.63) is 0 Å². The van der Waals surface area contributed by atoms with Gasteiger partial charge in [-0.15, -0.1) is 0 Å². The molecule has 1 rings (SSSR count). The first-order chi connectivity index (χ1) is 7.11. The molecule has 0 aliphatic carbocycles. The van der Waals surface area contributed by atoms with E-state index >= 15 is 0 Å². The summed E-state index contributed by atoms with van der Waals surface area (Å²) < 4.78 is 9.72. The first-order valence-electron chi connectivity index (χ1n) is 4.89. The van der Waals surface area contributed by atoms with Crippen LogP contribution in [0.4, 0.5) is 0 Å². The SMILES string of the molecule is CC(=O)OCC(=O)N(N)C1CCOCC1. The second-order valence-corrected chi connectivity index (χ2v) is 3.42. The number of hydrogen-bond donors (Lipinski definition) is 1. The number of amides is 1. The Kier molecular flexibility index (Phi) is 4.51. The number of nitrogens with two attached hydrogens (primary N) is 1. The quantitative estimate of drug-likeness (QED) is 0.296. The Labute approximate surface area is 88.3 Å². The van der Waals surface area contributed by atoms with Gasteiger partial charge >= 0.3 is 5.97 Å². The van der Waals surface area contributed by atoms with Crippen molar-refractivity contribution >= 4 is 11.9 Å². The molecule has 0 aromatic carbocycles. The Morgan fingerprint density at radius 3 is 2.60 bits per heavy atom. The van der Waals surface area contributed by atoms with Crippen LogP contribution in [0.1, 0.15) is 19.8 Å². The number of hydrogen-bond acceptors (Lipinski definition) is 5. The molecular weight excluding hydrogens is 200 g/mol. The lowest BCUT2D eigenvalue weighted by Crippen LogP contribution is -2.49. The molecule has 6 nitrogen and oxygen atoms in total.